The van der Waals surface area contributed by atoms with Crippen LogP contribution >= 0.6 is 0 Å². The molecule has 0 unspecified atom stereocenters. The van der Waals surface area contributed by atoms with Gasteiger partial charge in [-0.15, -0.1) is 0 Å². The minimum absolute atomic E-state index is 0.701. The van der Waals surface area contributed by atoms with Gasteiger partial charge in [0, 0.05) is 17.8 Å². The molecule has 0 aliphatic carbocycles. The predicted octanol–water partition coefficient (Wildman–Crippen LogP) is 3.55. The summed E-state index contributed by atoms with van der Waals surface area (Å²) in [5.41, 5.74) is 2.35. The molecule has 1 aromatic carbocycles. The number of aromatic nitrogens is 1. The molecule has 0 aliphatic rings. The highest BCUT2D eigenvalue weighted by atomic mass is 16.5. The highest BCUT2D eigenvalue weighted by molar-refractivity contribution is 5.86. The number of nitrogens with zero attached hydrogens (tertiary/aromatic N) is 1. The molecule has 0 spiro atoms. The zero-order valence-electron chi connectivity index (χ0n) is 9.60. The molecule has 0 amide bonds. The second kappa shape index (κ2) is 4.79. The molecule has 2 heteroatoms. The van der Waals surface area contributed by atoms with Crippen LogP contribution in [0.1, 0.15) is 18.1 Å². The smallest absolute Gasteiger partial charge is 0.0845 e. The first-order chi connectivity index (χ1) is 7.81. The molecule has 82 valence electrons. The third kappa shape index (κ3) is 2.22. The van der Waals surface area contributed by atoms with E-state index in [1.165, 1.54) is 16.3 Å². The number of hydrogen-bond donors (Lipinski definition) is 0. The molecule has 0 fully saturated rings. The Morgan fingerprint density at radius 3 is 3.00 bits per heavy atom. The van der Waals surface area contributed by atoms with Crippen molar-refractivity contribution in [2.24, 2.45) is 0 Å². The lowest BCUT2D eigenvalue weighted by molar-refractivity contribution is 0.272. The summed E-state index contributed by atoms with van der Waals surface area (Å²) in [4.78, 5) is 4.17. The quantitative estimate of drug-likeness (QED) is 0.727. The number of aryl methyl sites for hydroxylation is 1. The van der Waals surface area contributed by atoms with E-state index in [4.69, 9.17) is 4.74 Å². The highest BCUT2D eigenvalue weighted by Crippen LogP contribution is 2.19. The first-order valence-corrected chi connectivity index (χ1v) is 5.44. The Hall–Kier alpha value is -1.83. The van der Waals surface area contributed by atoms with Crippen molar-refractivity contribution in [1.29, 1.82) is 0 Å². The predicted molar refractivity (Wildman–Crippen MR) is 67.1 cm³/mol. The minimum atomic E-state index is 0.701. The van der Waals surface area contributed by atoms with E-state index >= 15 is 0 Å². The van der Waals surface area contributed by atoms with Gasteiger partial charge in [-0.1, -0.05) is 12.1 Å². The van der Waals surface area contributed by atoms with Crippen LogP contribution in [0.25, 0.3) is 16.8 Å². The fourth-order valence-electron chi connectivity index (χ4n) is 1.65. The van der Waals surface area contributed by atoms with Crippen molar-refractivity contribution in [3.8, 4) is 0 Å². The Bertz CT molecular complexity index is 517. The van der Waals surface area contributed by atoms with Crippen LogP contribution in [0.2, 0.25) is 0 Å². The first kappa shape index (κ1) is 10.7. The number of rotatable bonds is 3. The number of fused-ring (bicyclic) bond motifs is 1. The molecule has 1 aromatic heterocycles. The van der Waals surface area contributed by atoms with Gasteiger partial charge in [0.1, 0.15) is 0 Å². The molecule has 0 radical (unpaired) electrons. The van der Waals surface area contributed by atoms with Crippen LogP contribution < -0.4 is 0 Å². The monoisotopic (exact) mass is 213 g/mol. The molecule has 2 aromatic rings. The minimum Gasteiger partial charge on any atom is -0.501 e. The second-order valence-electron chi connectivity index (χ2n) is 3.70. The zero-order valence-corrected chi connectivity index (χ0v) is 9.60. The Morgan fingerprint density at radius 1 is 1.31 bits per heavy atom. The molecule has 1 heterocycles. The van der Waals surface area contributed by atoms with E-state index in [9.17, 15) is 0 Å². The van der Waals surface area contributed by atoms with Crippen LogP contribution in [0.15, 0.2) is 36.9 Å². The second-order valence-corrected chi connectivity index (χ2v) is 3.70. The summed E-state index contributed by atoms with van der Waals surface area (Å²) < 4.78 is 5.19. The summed E-state index contributed by atoms with van der Waals surface area (Å²) in [5, 5.41) is 2.42. The molecular formula is C14H15NO. The molecule has 0 saturated carbocycles. The van der Waals surface area contributed by atoms with Gasteiger partial charge in [0.25, 0.3) is 0 Å². The third-order valence-corrected chi connectivity index (χ3v) is 2.51. The van der Waals surface area contributed by atoms with E-state index in [2.05, 4.69) is 30.1 Å². The fraction of sp³-hybridized carbons (Fsp3) is 0.214. The van der Waals surface area contributed by atoms with Crippen LogP contribution in [0.4, 0.5) is 0 Å². The summed E-state index contributed by atoms with van der Waals surface area (Å²) in [6.07, 6.45) is 7.48. The van der Waals surface area contributed by atoms with Crippen molar-refractivity contribution in [1.82, 2.24) is 4.98 Å². The molecule has 0 atom stereocenters. The fourth-order valence-corrected chi connectivity index (χ4v) is 1.65. The van der Waals surface area contributed by atoms with Gasteiger partial charge >= 0.3 is 0 Å². The van der Waals surface area contributed by atoms with E-state index in [1.807, 2.05) is 25.4 Å². The van der Waals surface area contributed by atoms with Crippen molar-refractivity contribution >= 4 is 16.8 Å². The van der Waals surface area contributed by atoms with Gasteiger partial charge in [-0.05, 0) is 42.5 Å². The third-order valence-electron chi connectivity index (χ3n) is 2.51. The van der Waals surface area contributed by atoms with Gasteiger partial charge in [-0.25, -0.2) is 0 Å². The molecule has 0 saturated heterocycles. The van der Waals surface area contributed by atoms with Crippen LogP contribution in [0.3, 0.4) is 0 Å². The maximum atomic E-state index is 5.19. The van der Waals surface area contributed by atoms with Crippen molar-refractivity contribution in [3.05, 3.63) is 48.0 Å². The van der Waals surface area contributed by atoms with Crippen molar-refractivity contribution in [2.45, 2.75) is 13.8 Å². The largest absolute Gasteiger partial charge is 0.501 e. The summed E-state index contributed by atoms with van der Waals surface area (Å²) in [6, 6.07) is 6.31. The number of ether oxygens (including phenoxy) is 1. The van der Waals surface area contributed by atoms with Gasteiger partial charge in [-0.2, -0.15) is 0 Å². The highest BCUT2D eigenvalue weighted by Gasteiger charge is 1.97. The molecule has 0 bridgehead atoms. The molecular weight excluding hydrogens is 198 g/mol. The van der Waals surface area contributed by atoms with Gasteiger partial charge in [0.05, 0.1) is 12.9 Å². The zero-order chi connectivity index (χ0) is 11.4. The van der Waals surface area contributed by atoms with E-state index in [0.29, 0.717) is 6.61 Å². The van der Waals surface area contributed by atoms with Crippen molar-refractivity contribution in [2.75, 3.05) is 6.61 Å². The van der Waals surface area contributed by atoms with Crippen molar-refractivity contribution in [3.63, 3.8) is 0 Å². The first-order valence-electron chi connectivity index (χ1n) is 5.44. The summed E-state index contributed by atoms with van der Waals surface area (Å²) >= 11 is 0. The van der Waals surface area contributed by atoms with Gasteiger partial charge < -0.3 is 4.74 Å². The van der Waals surface area contributed by atoms with Gasteiger partial charge in [-0.3, -0.25) is 4.98 Å². The normalized spacial score (nSPS) is 11.1. The molecule has 16 heavy (non-hydrogen) atoms. The van der Waals surface area contributed by atoms with Crippen LogP contribution in [-0.4, -0.2) is 11.6 Å². The molecule has 0 aliphatic heterocycles. The van der Waals surface area contributed by atoms with E-state index in [0.717, 1.165) is 5.56 Å². The lowest BCUT2D eigenvalue weighted by Crippen LogP contribution is -1.83. The van der Waals surface area contributed by atoms with Crippen LogP contribution in [0.5, 0.6) is 0 Å². The summed E-state index contributed by atoms with van der Waals surface area (Å²) in [5.74, 6) is 0. The van der Waals surface area contributed by atoms with Crippen LogP contribution in [-0.2, 0) is 4.74 Å². The lowest BCUT2D eigenvalue weighted by atomic mass is 10.1. The molecule has 0 N–H and O–H groups in total. The van der Waals surface area contributed by atoms with Crippen molar-refractivity contribution < 1.29 is 4.74 Å². The number of pyridine rings is 1. The maximum absolute atomic E-state index is 5.19. The number of benzene rings is 1. The lowest BCUT2D eigenvalue weighted by Gasteiger charge is -2.02. The average Bonchev–Trinajstić information content (AvgIpc) is 2.30. The molecule has 2 nitrogen and oxygen atoms in total. The Labute approximate surface area is 95.6 Å². The Morgan fingerprint density at radius 2 is 2.19 bits per heavy atom. The number of hydrogen-bond acceptors (Lipinski definition) is 2. The summed E-state index contributed by atoms with van der Waals surface area (Å²) in [7, 11) is 0. The van der Waals surface area contributed by atoms with Gasteiger partial charge in [0.2, 0.25) is 0 Å². The van der Waals surface area contributed by atoms with Gasteiger partial charge in [0.15, 0.2) is 0 Å². The van der Waals surface area contributed by atoms with Crippen LogP contribution in [0, 0.1) is 6.92 Å². The SMILES string of the molecule is CCO/C=C/c1ccc2cncc(C)c2c1. The van der Waals surface area contributed by atoms with E-state index in [1.54, 1.807) is 6.26 Å². The Kier molecular flexibility index (Phi) is 3.20. The standard InChI is InChI=1S/C14H15NO/c1-3-16-7-6-12-4-5-13-10-15-9-11(2)14(13)8-12/h4-10H,3H2,1-2H3/b7-6+. The van der Waals surface area contributed by atoms with E-state index < -0.39 is 0 Å². The topological polar surface area (TPSA) is 22.1 Å². The average molecular weight is 213 g/mol. The molecule has 2 rings (SSSR count). The Balaban J connectivity index is 2.39. The maximum Gasteiger partial charge on any atom is 0.0845 e. The van der Waals surface area contributed by atoms with E-state index in [-0.39, 0.29) is 0 Å². The summed E-state index contributed by atoms with van der Waals surface area (Å²) in [6.45, 7) is 4.75.